The Bertz CT molecular complexity index is 1660. The van der Waals surface area contributed by atoms with E-state index in [1.165, 1.54) is 22.5 Å². The van der Waals surface area contributed by atoms with Gasteiger partial charge < -0.3 is 25.6 Å². The van der Waals surface area contributed by atoms with Crippen molar-refractivity contribution in [3.8, 4) is 5.75 Å². The number of pyridine rings is 1. The number of nitrogens with two attached hydrogens (primary N) is 1. The molecule has 0 saturated carbocycles. The van der Waals surface area contributed by atoms with E-state index in [0.717, 1.165) is 10.9 Å². The second-order valence-corrected chi connectivity index (χ2v) is 14.7. The van der Waals surface area contributed by atoms with Gasteiger partial charge in [-0.2, -0.15) is 4.31 Å². The lowest BCUT2D eigenvalue weighted by molar-refractivity contribution is -0.115. The van der Waals surface area contributed by atoms with E-state index in [1.54, 1.807) is 36.5 Å². The number of amides is 1. The van der Waals surface area contributed by atoms with Crippen LogP contribution < -0.4 is 15.8 Å². The number of rotatable bonds is 11. The Balaban J connectivity index is 1.08. The fraction of sp³-hybridized carbons (Fsp3) is 0.429. The zero-order valence-corrected chi connectivity index (χ0v) is 24.5. The third-order valence-corrected chi connectivity index (χ3v) is 11.2. The highest BCUT2D eigenvalue weighted by Crippen LogP contribution is 2.37. The lowest BCUT2D eigenvalue weighted by atomic mass is 9.88. The molecule has 1 spiro atoms. The van der Waals surface area contributed by atoms with Crippen LogP contribution in [0.25, 0.3) is 10.9 Å². The summed E-state index contributed by atoms with van der Waals surface area (Å²) in [6.07, 6.45) is 2.62. The van der Waals surface area contributed by atoms with Crippen LogP contribution in [0.15, 0.2) is 70.6 Å². The summed E-state index contributed by atoms with van der Waals surface area (Å²) in [5.41, 5.74) is 5.34. The smallest absolute Gasteiger partial charge is 0.243 e. The molecule has 2 unspecified atom stereocenters. The summed E-state index contributed by atoms with van der Waals surface area (Å²) in [6, 6.07) is 14.3. The molecule has 3 heterocycles. The molecule has 1 aromatic heterocycles. The number of nitrogens with one attached hydrogen (secondary N) is 1. The Morgan fingerprint density at radius 3 is 2.67 bits per heavy atom. The van der Waals surface area contributed by atoms with Crippen LogP contribution in [0.4, 0.5) is 0 Å². The molecule has 2 aromatic carbocycles. The van der Waals surface area contributed by atoms with E-state index in [2.05, 4.69) is 10.3 Å². The van der Waals surface area contributed by atoms with E-state index >= 15 is 0 Å². The molecule has 2 atom stereocenters. The Morgan fingerprint density at radius 2 is 1.90 bits per heavy atom. The molecule has 2 fully saturated rings. The predicted octanol–water partition coefficient (Wildman–Crippen LogP) is 0.836. The fourth-order valence-electron chi connectivity index (χ4n) is 5.40. The monoisotopic (exact) mass is 618 g/mol. The van der Waals surface area contributed by atoms with Crippen LogP contribution in [0.1, 0.15) is 19.3 Å². The molecule has 0 radical (unpaired) electrons. The van der Waals surface area contributed by atoms with Gasteiger partial charge in [0.2, 0.25) is 15.9 Å². The zero-order chi connectivity index (χ0) is 30.0. The van der Waals surface area contributed by atoms with Crippen molar-refractivity contribution in [3.63, 3.8) is 0 Å². The van der Waals surface area contributed by atoms with Crippen molar-refractivity contribution < 1.29 is 36.2 Å². The summed E-state index contributed by atoms with van der Waals surface area (Å²) in [4.78, 5) is 15.5. The van der Waals surface area contributed by atoms with Gasteiger partial charge in [-0.3, -0.25) is 9.78 Å². The number of aliphatic hydroxyl groups excluding tert-OH is 1. The number of piperidine rings is 1. The van der Waals surface area contributed by atoms with Gasteiger partial charge in [-0.15, -0.1) is 0 Å². The number of carbonyl (C=O) groups excluding carboxylic acids is 1. The predicted molar refractivity (Wildman–Crippen MR) is 154 cm³/mol. The number of hydrogen-bond acceptors (Lipinski definition) is 10. The summed E-state index contributed by atoms with van der Waals surface area (Å²) in [7, 11) is -7.52. The summed E-state index contributed by atoms with van der Waals surface area (Å²) in [5.74, 6) is -1.51. The highest BCUT2D eigenvalue weighted by Gasteiger charge is 2.44. The van der Waals surface area contributed by atoms with Crippen molar-refractivity contribution in [1.29, 1.82) is 0 Å². The molecular weight excluding hydrogens is 584 g/mol. The van der Waals surface area contributed by atoms with E-state index in [-0.39, 0.29) is 34.7 Å². The van der Waals surface area contributed by atoms with Crippen LogP contribution in [0, 0.1) is 0 Å². The van der Waals surface area contributed by atoms with Gasteiger partial charge in [-0.1, -0.05) is 12.1 Å². The standard InChI is InChI=1S/C28H34N4O8S2/c29-27(34)19-41(35,36)24-5-1-4-23(14-24)39-18-22(33)16-31-21-15-28(40-17-21)8-11-32(12-9-28)42(37,38)25-6-7-26-20(13-25)3-2-10-30-26/h1-7,10,13-14,21-22,31,33H,8-9,11-12,15-19H2,(H2,29,34). The van der Waals surface area contributed by atoms with Gasteiger partial charge in [-0.25, -0.2) is 16.8 Å². The number of hydrogen-bond donors (Lipinski definition) is 3. The number of primary amides is 1. The van der Waals surface area contributed by atoms with Crippen LogP contribution in [0.3, 0.4) is 0 Å². The molecule has 3 aromatic rings. The minimum absolute atomic E-state index is 0.0157. The van der Waals surface area contributed by atoms with Crippen LogP contribution in [-0.4, -0.2) is 93.5 Å². The first kappa shape index (κ1) is 30.3. The van der Waals surface area contributed by atoms with Gasteiger partial charge in [0.05, 0.1) is 27.5 Å². The molecule has 226 valence electrons. The van der Waals surface area contributed by atoms with E-state index in [4.69, 9.17) is 15.2 Å². The molecule has 2 aliphatic heterocycles. The average Bonchev–Trinajstić information content (AvgIpc) is 3.36. The van der Waals surface area contributed by atoms with E-state index in [1.807, 2.05) is 6.07 Å². The van der Waals surface area contributed by atoms with Crippen molar-refractivity contribution in [1.82, 2.24) is 14.6 Å². The Labute approximate surface area is 244 Å². The second kappa shape index (κ2) is 12.2. The topological polar surface area (TPSA) is 178 Å². The maximum Gasteiger partial charge on any atom is 0.243 e. The molecule has 42 heavy (non-hydrogen) atoms. The number of benzene rings is 2. The Morgan fingerprint density at radius 1 is 1.12 bits per heavy atom. The van der Waals surface area contributed by atoms with Crippen molar-refractivity contribution in [2.45, 2.75) is 46.8 Å². The molecule has 0 bridgehead atoms. The van der Waals surface area contributed by atoms with Crippen LogP contribution >= 0.6 is 0 Å². The molecule has 2 saturated heterocycles. The number of sulfonamides is 1. The quantitative estimate of drug-likeness (QED) is 0.279. The molecule has 12 nitrogen and oxygen atoms in total. The molecule has 1 amide bonds. The van der Waals surface area contributed by atoms with Crippen molar-refractivity contribution in [3.05, 3.63) is 60.8 Å². The highest BCUT2D eigenvalue weighted by molar-refractivity contribution is 7.92. The zero-order valence-electron chi connectivity index (χ0n) is 22.9. The van der Waals surface area contributed by atoms with Crippen LogP contribution in [0.5, 0.6) is 5.75 Å². The molecule has 4 N–H and O–H groups in total. The number of aliphatic hydroxyl groups is 1. The van der Waals surface area contributed by atoms with E-state index in [9.17, 15) is 26.7 Å². The van der Waals surface area contributed by atoms with Crippen LogP contribution in [-0.2, 0) is 29.4 Å². The summed E-state index contributed by atoms with van der Waals surface area (Å²) >= 11 is 0. The second-order valence-electron chi connectivity index (χ2n) is 10.7. The SMILES string of the molecule is NC(=O)CS(=O)(=O)c1cccc(OCC(O)CNC2COC3(CCN(S(=O)(=O)c4ccc5ncccc5c4)CC3)C2)c1. The largest absolute Gasteiger partial charge is 0.491 e. The first-order valence-electron chi connectivity index (χ1n) is 13.6. The third-order valence-electron chi connectivity index (χ3n) is 7.64. The van der Waals surface area contributed by atoms with Gasteiger partial charge in [-0.05, 0) is 61.7 Å². The molecule has 2 aliphatic rings. The average molecular weight is 619 g/mol. The third kappa shape index (κ3) is 6.90. The highest BCUT2D eigenvalue weighted by atomic mass is 32.2. The summed E-state index contributed by atoms with van der Waals surface area (Å²) in [5, 5.41) is 14.5. The molecule has 0 aliphatic carbocycles. The molecule has 14 heteroatoms. The Kier molecular flexibility index (Phi) is 8.83. The lowest BCUT2D eigenvalue weighted by Crippen LogP contribution is -2.47. The number of fused-ring (bicyclic) bond motifs is 1. The van der Waals surface area contributed by atoms with Gasteiger partial charge in [0.15, 0.2) is 9.84 Å². The minimum Gasteiger partial charge on any atom is -0.491 e. The normalized spacial score (nSPS) is 20.1. The van der Waals surface area contributed by atoms with Gasteiger partial charge in [0.1, 0.15) is 24.2 Å². The number of ether oxygens (including phenoxy) is 2. The van der Waals surface area contributed by atoms with Gasteiger partial charge in [0, 0.05) is 37.3 Å². The maximum absolute atomic E-state index is 13.3. The first-order valence-corrected chi connectivity index (χ1v) is 16.7. The number of sulfone groups is 1. The number of nitrogens with zero attached hydrogens (tertiary/aromatic N) is 2. The molecular formula is C28H34N4O8S2. The Hall–Kier alpha value is -3.14. The van der Waals surface area contributed by atoms with Crippen LogP contribution in [0.2, 0.25) is 0 Å². The first-order chi connectivity index (χ1) is 20.0. The minimum atomic E-state index is -3.87. The van der Waals surface area contributed by atoms with E-state index in [0.29, 0.717) is 39.0 Å². The van der Waals surface area contributed by atoms with Gasteiger partial charge >= 0.3 is 0 Å². The summed E-state index contributed by atoms with van der Waals surface area (Å²) < 4.78 is 64.3. The molecule has 5 rings (SSSR count). The fourth-order valence-corrected chi connectivity index (χ4v) is 8.00. The lowest BCUT2D eigenvalue weighted by Gasteiger charge is -2.38. The van der Waals surface area contributed by atoms with Crippen molar-refractivity contribution in [2.75, 3.05) is 38.6 Å². The van der Waals surface area contributed by atoms with Crippen molar-refractivity contribution in [2.24, 2.45) is 5.73 Å². The maximum atomic E-state index is 13.3. The van der Waals surface area contributed by atoms with Gasteiger partial charge in [0.25, 0.3) is 0 Å². The number of carbonyl (C=O) groups is 1. The van der Waals surface area contributed by atoms with Crippen molar-refractivity contribution >= 4 is 36.7 Å². The van der Waals surface area contributed by atoms with E-state index < -0.39 is 43.2 Å². The summed E-state index contributed by atoms with van der Waals surface area (Å²) in [6.45, 7) is 1.29. The number of aromatic nitrogens is 1.